The number of aromatic carboxylic acids is 1. The molecule has 2 saturated heterocycles. The molecule has 0 saturated carbocycles. The van der Waals surface area contributed by atoms with Crippen LogP contribution < -0.4 is 4.74 Å². The predicted molar refractivity (Wildman–Crippen MR) is 141 cm³/mol. The van der Waals surface area contributed by atoms with E-state index in [1.165, 1.54) is 12.1 Å². The molecule has 5 heterocycles. The highest BCUT2D eigenvalue weighted by Crippen LogP contribution is 2.24. The van der Waals surface area contributed by atoms with E-state index in [-0.39, 0.29) is 23.7 Å². The molecule has 1 aromatic carbocycles. The lowest BCUT2D eigenvalue weighted by atomic mass is 10.1. The maximum absolute atomic E-state index is 14.1. The largest absolute Gasteiger partial charge is 0.487 e. The number of nitrogens with zero attached hydrogens (tertiary/aromatic N) is 6. The zero-order chi connectivity index (χ0) is 26.9. The third-order valence-corrected chi connectivity index (χ3v) is 7.46. The van der Waals surface area contributed by atoms with Crippen LogP contribution in [0.3, 0.4) is 0 Å². The molecule has 1 atom stereocenters. The Balaban J connectivity index is 1.08. The van der Waals surface area contributed by atoms with Crippen molar-refractivity contribution in [2.45, 2.75) is 51.1 Å². The number of aromatic nitrogens is 5. The number of pyridine rings is 1. The molecular formula is C27H28ClFN6O4. The van der Waals surface area contributed by atoms with Gasteiger partial charge in [-0.3, -0.25) is 9.58 Å². The van der Waals surface area contributed by atoms with E-state index in [0.29, 0.717) is 47.1 Å². The van der Waals surface area contributed by atoms with Gasteiger partial charge in [0.15, 0.2) is 17.1 Å². The molecule has 6 rings (SSSR count). The van der Waals surface area contributed by atoms with E-state index in [0.717, 1.165) is 44.8 Å². The molecule has 2 fully saturated rings. The SMILES string of the molecule is O=C(O)c1ccc2nc(CN3CCC(Oc4cnn(Cc5ccc(Cl)cc5F)c4)CC3)n(C[C@@H]3CCO3)c2n1. The highest BCUT2D eigenvalue weighted by atomic mass is 35.5. The van der Waals surface area contributed by atoms with Gasteiger partial charge in [-0.15, -0.1) is 0 Å². The molecule has 4 aromatic rings. The summed E-state index contributed by atoms with van der Waals surface area (Å²) in [5.41, 5.74) is 1.77. The van der Waals surface area contributed by atoms with E-state index < -0.39 is 5.97 Å². The van der Waals surface area contributed by atoms with Crippen LogP contribution in [0.4, 0.5) is 4.39 Å². The van der Waals surface area contributed by atoms with Crippen LogP contribution in [0.2, 0.25) is 5.02 Å². The number of imidazole rings is 1. The lowest BCUT2D eigenvalue weighted by molar-refractivity contribution is -0.0593. The minimum absolute atomic E-state index is 0.00399. The van der Waals surface area contributed by atoms with Gasteiger partial charge in [0.1, 0.15) is 23.3 Å². The number of carboxylic acids is 1. The van der Waals surface area contributed by atoms with Crippen molar-refractivity contribution in [2.75, 3.05) is 19.7 Å². The Bertz CT molecular complexity index is 1490. The number of fused-ring (bicyclic) bond motifs is 1. The number of hydrogen-bond donors (Lipinski definition) is 1. The molecule has 0 spiro atoms. The number of benzene rings is 1. The average molecular weight is 555 g/mol. The van der Waals surface area contributed by atoms with Gasteiger partial charge in [-0.05, 0) is 43.5 Å². The van der Waals surface area contributed by atoms with Crippen LogP contribution in [0.15, 0.2) is 42.7 Å². The summed E-state index contributed by atoms with van der Waals surface area (Å²) in [6.07, 6.45) is 6.22. The molecule has 12 heteroatoms. The van der Waals surface area contributed by atoms with Gasteiger partial charge in [0.25, 0.3) is 0 Å². The lowest BCUT2D eigenvalue weighted by Crippen LogP contribution is -2.39. The molecule has 0 unspecified atom stereocenters. The van der Waals surface area contributed by atoms with E-state index >= 15 is 0 Å². The normalized spacial score (nSPS) is 18.4. The molecule has 10 nitrogen and oxygen atoms in total. The Morgan fingerprint density at radius 1 is 1.15 bits per heavy atom. The lowest BCUT2D eigenvalue weighted by Gasteiger charge is -2.32. The molecule has 0 aliphatic carbocycles. The Hall–Kier alpha value is -3.54. The van der Waals surface area contributed by atoms with Crippen molar-refractivity contribution >= 4 is 28.7 Å². The molecule has 2 aliphatic heterocycles. The average Bonchev–Trinajstić information content (AvgIpc) is 3.47. The summed E-state index contributed by atoms with van der Waals surface area (Å²) in [5, 5.41) is 14.1. The van der Waals surface area contributed by atoms with Crippen LogP contribution >= 0.6 is 11.6 Å². The number of rotatable bonds is 9. The standard InChI is InChI=1S/C27H28ClFN6O4/c28-18-2-1-17(22(29)11-18)13-34-14-21(12-30-34)39-19-5-8-33(9-6-19)16-25-31-23-3-4-24(27(36)37)32-26(23)35(25)15-20-7-10-38-20/h1-4,11-12,14,19-20H,5-10,13,15-16H2,(H,36,37)/t20-/m0/s1. The molecule has 3 aromatic heterocycles. The first-order valence-corrected chi connectivity index (χ1v) is 13.4. The number of halogens is 2. The van der Waals surface area contributed by atoms with Crippen LogP contribution in [0.25, 0.3) is 11.2 Å². The van der Waals surface area contributed by atoms with Crippen molar-refractivity contribution in [1.82, 2.24) is 29.2 Å². The summed E-state index contributed by atoms with van der Waals surface area (Å²) in [7, 11) is 0. The Morgan fingerprint density at radius 2 is 1.97 bits per heavy atom. The van der Waals surface area contributed by atoms with Crippen molar-refractivity contribution in [1.29, 1.82) is 0 Å². The second-order valence-corrected chi connectivity index (χ2v) is 10.4. The Kier molecular flexibility index (Phi) is 7.20. The summed E-state index contributed by atoms with van der Waals surface area (Å²) < 4.78 is 29.6. The zero-order valence-corrected chi connectivity index (χ0v) is 21.9. The topological polar surface area (TPSA) is 108 Å². The highest BCUT2D eigenvalue weighted by Gasteiger charge is 2.26. The Labute approximate surface area is 228 Å². The minimum Gasteiger partial charge on any atom is -0.487 e. The van der Waals surface area contributed by atoms with Crippen LogP contribution in [0.1, 0.15) is 41.1 Å². The number of likely N-dealkylation sites (tertiary alicyclic amines) is 1. The summed E-state index contributed by atoms with van der Waals surface area (Å²) in [6.45, 7) is 3.91. The van der Waals surface area contributed by atoms with Gasteiger partial charge in [0.05, 0.1) is 38.1 Å². The number of carboxylic acid groups (broad SMARTS) is 1. The Morgan fingerprint density at radius 3 is 2.69 bits per heavy atom. The van der Waals surface area contributed by atoms with Gasteiger partial charge in [-0.25, -0.2) is 19.2 Å². The third kappa shape index (κ3) is 5.75. The van der Waals surface area contributed by atoms with Crippen LogP contribution in [-0.4, -0.2) is 72.2 Å². The fourth-order valence-electron chi connectivity index (χ4n) is 5.01. The molecule has 0 amide bonds. The molecule has 2 aliphatic rings. The fraction of sp³-hybridized carbons (Fsp3) is 0.407. The first-order valence-electron chi connectivity index (χ1n) is 13.0. The van der Waals surface area contributed by atoms with Crippen molar-refractivity contribution in [3.05, 3.63) is 70.6 Å². The second kappa shape index (κ2) is 10.9. The number of carbonyl (C=O) groups is 1. The van der Waals surface area contributed by atoms with Crippen molar-refractivity contribution in [3.63, 3.8) is 0 Å². The molecule has 0 bridgehead atoms. The first-order chi connectivity index (χ1) is 18.9. The van der Waals surface area contributed by atoms with Gasteiger partial charge in [0, 0.05) is 30.3 Å². The minimum atomic E-state index is -1.06. The third-order valence-electron chi connectivity index (χ3n) is 7.23. The quantitative estimate of drug-likeness (QED) is 0.331. The second-order valence-electron chi connectivity index (χ2n) is 9.97. The van der Waals surface area contributed by atoms with E-state index in [1.54, 1.807) is 35.3 Å². The molecule has 204 valence electrons. The molecular weight excluding hydrogens is 527 g/mol. The fourth-order valence-corrected chi connectivity index (χ4v) is 5.17. The first kappa shape index (κ1) is 25.7. The highest BCUT2D eigenvalue weighted by molar-refractivity contribution is 6.30. The van der Waals surface area contributed by atoms with E-state index in [2.05, 4.69) is 15.0 Å². The van der Waals surface area contributed by atoms with Gasteiger partial charge in [-0.1, -0.05) is 17.7 Å². The van der Waals surface area contributed by atoms with E-state index in [9.17, 15) is 14.3 Å². The van der Waals surface area contributed by atoms with E-state index in [1.807, 2.05) is 4.57 Å². The summed E-state index contributed by atoms with van der Waals surface area (Å²) in [5.74, 6) is 0.0894. The smallest absolute Gasteiger partial charge is 0.354 e. The van der Waals surface area contributed by atoms with Crippen molar-refractivity contribution in [3.8, 4) is 5.75 Å². The van der Waals surface area contributed by atoms with E-state index in [4.69, 9.17) is 26.1 Å². The summed E-state index contributed by atoms with van der Waals surface area (Å²) in [6, 6.07) is 7.82. The summed E-state index contributed by atoms with van der Waals surface area (Å²) in [4.78, 5) is 23.0. The van der Waals surface area contributed by atoms with Crippen LogP contribution in [-0.2, 0) is 24.4 Å². The maximum atomic E-state index is 14.1. The summed E-state index contributed by atoms with van der Waals surface area (Å²) >= 11 is 5.84. The number of ether oxygens (including phenoxy) is 2. The molecule has 1 N–H and O–H groups in total. The molecule has 0 radical (unpaired) electrons. The van der Waals surface area contributed by atoms with Crippen LogP contribution in [0, 0.1) is 5.82 Å². The van der Waals surface area contributed by atoms with Gasteiger partial charge in [-0.2, -0.15) is 5.10 Å². The number of hydrogen-bond acceptors (Lipinski definition) is 7. The van der Waals surface area contributed by atoms with Crippen molar-refractivity contribution < 1.29 is 23.8 Å². The molecule has 39 heavy (non-hydrogen) atoms. The van der Waals surface area contributed by atoms with Gasteiger partial charge < -0.3 is 19.1 Å². The van der Waals surface area contributed by atoms with Gasteiger partial charge in [0.2, 0.25) is 0 Å². The maximum Gasteiger partial charge on any atom is 0.354 e. The monoisotopic (exact) mass is 554 g/mol. The van der Waals surface area contributed by atoms with Crippen molar-refractivity contribution in [2.24, 2.45) is 0 Å². The zero-order valence-electron chi connectivity index (χ0n) is 21.2. The van der Waals surface area contributed by atoms with Crippen LogP contribution in [0.5, 0.6) is 5.75 Å². The predicted octanol–water partition coefficient (Wildman–Crippen LogP) is 4.00. The number of piperidine rings is 1. The van der Waals surface area contributed by atoms with Gasteiger partial charge >= 0.3 is 5.97 Å².